The van der Waals surface area contributed by atoms with Crippen molar-refractivity contribution in [3.8, 4) is 23.0 Å². The molecule has 1 saturated heterocycles. The Morgan fingerprint density at radius 2 is 1.75 bits per heavy atom. The van der Waals surface area contributed by atoms with Crippen LogP contribution >= 0.6 is 23.4 Å². The van der Waals surface area contributed by atoms with E-state index >= 15 is 0 Å². The lowest BCUT2D eigenvalue weighted by atomic mass is 10.1. The van der Waals surface area contributed by atoms with Crippen molar-refractivity contribution < 1.29 is 23.8 Å². The number of aryl methyl sites for hydroxylation is 2. The Morgan fingerprint density at radius 3 is 2.50 bits per heavy atom. The fraction of sp³-hybridized carbons (Fsp3) is 0.286. The molecule has 1 unspecified atom stereocenters. The van der Waals surface area contributed by atoms with Crippen LogP contribution in [0.4, 0.5) is 4.79 Å². The highest BCUT2D eigenvalue weighted by Gasteiger charge is 2.33. The second kappa shape index (κ2) is 12.2. The lowest BCUT2D eigenvalue weighted by Crippen LogP contribution is -2.20. The smallest absolute Gasteiger partial charge is 0.286 e. The van der Waals surface area contributed by atoms with Gasteiger partial charge in [-0.25, -0.2) is 0 Å². The molecule has 0 radical (unpaired) electrons. The average molecular weight is 526 g/mol. The fourth-order valence-electron chi connectivity index (χ4n) is 3.85. The molecule has 2 amide bonds. The van der Waals surface area contributed by atoms with Crippen molar-refractivity contribution in [2.75, 3.05) is 13.2 Å². The van der Waals surface area contributed by atoms with Crippen LogP contribution in [-0.2, 0) is 11.2 Å². The maximum absolute atomic E-state index is 11.9. The molecule has 0 aromatic heterocycles. The Bertz CT molecular complexity index is 1250. The van der Waals surface area contributed by atoms with E-state index in [1.165, 1.54) is 0 Å². The highest BCUT2D eigenvalue weighted by molar-refractivity contribution is 8.15. The Hall–Kier alpha value is -3.16. The molecule has 1 aliphatic rings. The molecule has 36 heavy (non-hydrogen) atoms. The van der Waals surface area contributed by atoms with Gasteiger partial charge in [-0.3, -0.25) is 14.9 Å². The summed E-state index contributed by atoms with van der Waals surface area (Å²) in [6.45, 7) is 5.07. The number of benzene rings is 3. The number of halogens is 1. The first-order chi connectivity index (χ1) is 17.4. The van der Waals surface area contributed by atoms with Crippen LogP contribution in [0.25, 0.3) is 0 Å². The highest BCUT2D eigenvalue weighted by Crippen LogP contribution is 2.35. The number of carbonyl (C=O) groups is 2. The molecule has 6 nitrogen and oxygen atoms in total. The van der Waals surface area contributed by atoms with E-state index in [9.17, 15) is 9.59 Å². The second-order valence-corrected chi connectivity index (χ2v) is 9.94. The number of carbonyl (C=O) groups excluding carboxylic acids is 2. The van der Waals surface area contributed by atoms with Gasteiger partial charge in [0.05, 0.1) is 13.2 Å². The molecule has 3 aromatic rings. The predicted octanol–water partition coefficient (Wildman–Crippen LogP) is 7.27. The minimum atomic E-state index is -0.531. The molecule has 8 heteroatoms. The zero-order valence-corrected chi connectivity index (χ0v) is 21.8. The molecule has 1 atom stereocenters. The number of nitrogens with one attached hydrogen (secondary N) is 1. The molecule has 0 bridgehead atoms. The standard InChI is InChI=1S/C28H28ClNO5S/c1-3-6-19-16-23(35-24-11-9-21(29)15-18(24)2)10-12-25(19)34-14-5-13-33-22-8-4-7-20(17-22)26-27(31)30-28(32)36-26/h4,7-12,15-17,26H,3,5-6,13-14H2,1-2H3,(H,30,31,32). The van der Waals surface area contributed by atoms with E-state index in [0.29, 0.717) is 30.4 Å². The Labute approximate surface area is 220 Å². The molecule has 0 spiro atoms. The molecular formula is C28H28ClNO5S. The lowest BCUT2D eigenvalue weighted by Gasteiger charge is -2.15. The minimum absolute atomic E-state index is 0.293. The van der Waals surface area contributed by atoms with Crippen LogP contribution < -0.4 is 19.5 Å². The van der Waals surface area contributed by atoms with Gasteiger partial charge in [-0.1, -0.05) is 37.1 Å². The first-order valence-electron chi connectivity index (χ1n) is 11.9. The molecule has 4 rings (SSSR count). The van der Waals surface area contributed by atoms with Gasteiger partial charge in [0.1, 0.15) is 28.2 Å². The maximum atomic E-state index is 11.9. The first kappa shape index (κ1) is 25.9. The van der Waals surface area contributed by atoms with Gasteiger partial charge in [0.25, 0.3) is 5.24 Å². The van der Waals surface area contributed by atoms with E-state index in [1.807, 2.05) is 61.5 Å². The van der Waals surface area contributed by atoms with Crippen LogP contribution in [0.3, 0.4) is 0 Å². The Balaban J connectivity index is 1.29. The third-order valence-electron chi connectivity index (χ3n) is 5.58. The van der Waals surface area contributed by atoms with Crippen molar-refractivity contribution in [3.05, 3.63) is 82.4 Å². The Kier molecular flexibility index (Phi) is 8.78. The quantitative estimate of drug-likeness (QED) is 0.265. The van der Waals surface area contributed by atoms with Gasteiger partial charge in [0.2, 0.25) is 5.91 Å². The topological polar surface area (TPSA) is 73.9 Å². The van der Waals surface area contributed by atoms with Crippen molar-refractivity contribution in [1.82, 2.24) is 5.32 Å². The van der Waals surface area contributed by atoms with Gasteiger partial charge in [-0.05, 0) is 90.3 Å². The van der Waals surface area contributed by atoms with Crippen molar-refractivity contribution in [2.24, 2.45) is 0 Å². The molecule has 1 N–H and O–H groups in total. The third kappa shape index (κ3) is 6.74. The first-order valence-corrected chi connectivity index (χ1v) is 13.1. The highest BCUT2D eigenvalue weighted by atomic mass is 35.5. The summed E-state index contributed by atoms with van der Waals surface area (Å²) in [5.41, 5.74) is 2.82. The Morgan fingerprint density at radius 1 is 0.944 bits per heavy atom. The summed E-state index contributed by atoms with van der Waals surface area (Å²) >= 11 is 7.03. The van der Waals surface area contributed by atoms with Gasteiger partial charge >= 0.3 is 0 Å². The molecule has 0 saturated carbocycles. The van der Waals surface area contributed by atoms with Crippen molar-refractivity contribution in [1.29, 1.82) is 0 Å². The van der Waals surface area contributed by atoms with Crippen LogP contribution in [0.2, 0.25) is 5.02 Å². The van der Waals surface area contributed by atoms with Crippen LogP contribution in [-0.4, -0.2) is 24.4 Å². The van der Waals surface area contributed by atoms with E-state index in [2.05, 4.69) is 12.2 Å². The summed E-state index contributed by atoms with van der Waals surface area (Å²) in [5.74, 6) is 2.74. The summed E-state index contributed by atoms with van der Waals surface area (Å²) < 4.78 is 18.0. The van der Waals surface area contributed by atoms with E-state index in [-0.39, 0.29) is 11.1 Å². The van der Waals surface area contributed by atoms with Gasteiger partial charge < -0.3 is 14.2 Å². The van der Waals surface area contributed by atoms with E-state index in [1.54, 1.807) is 6.07 Å². The largest absolute Gasteiger partial charge is 0.493 e. The van der Waals surface area contributed by atoms with Gasteiger partial charge in [-0.15, -0.1) is 0 Å². The SMILES string of the molecule is CCCc1cc(Oc2ccc(Cl)cc2C)ccc1OCCCOc1cccc(C2SC(=O)NC2=O)c1. The second-order valence-electron chi connectivity index (χ2n) is 8.43. The zero-order chi connectivity index (χ0) is 25.5. The van der Waals surface area contributed by atoms with E-state index in [4.69, 9.17) is 25.8 Å². The molecular weight excluding hydrogens is 498 g/mol. The average Bonchev–Trinajstić information content (AvgIpc) is 3.20. The lowest BCUT2D eigenvalue weighted by molar-refractivity contribution is -0.119. The molecule has 0 aliphatic carbocycles. The third-order valence-corrected chi connectivity index (χ3v) is 6.85. The summed E-state index contributed by atoms with van der Waals surface area (Å²) in [6.07, 6.45) is 2.56. The van der Waals surface area contributed by atoms with Crippen molar-refractivity contribution in [3.63, 3.8) is 0 Å². The monoisotopic (exact) mass is 525 g/mol. The maximum Gasteiger partial charge on any atom is 0.286 e. The molecule has 1 fully saturated rings. The number of rotatable bonds is 11. The van der Waals surface area contributed by atoms with Crippen molar-refractivity contribution >= 4 is 34.5 Å². The number of hydrogen-bond donors (Lipinski definition) is 1. The van der Waals surface area contributed by atoms with Crippen LogP contribution in [0.1, 0.15) is 41.7 Å². The summed E-state index contributed by atoms with van der Waals surface area (Å²) in [4.78, 5) is 23.4. The minimum Gasteiger partial charge on any atom is -0.493 e. The van der Waals surface area contributed by atoms with Crippen LogP contribution in [0, 0.1) is 6.92 Å². The number of ether oxygens (including phenoxy) is 3. The molecule has 1 heterocycles. The number of imide groups is 1. The predicted molar refractivity (Wildman–Crippen MR) is 143 cm³/mol. The number of hydrogen-bond acceptors (Lipinski definition) is 6. The van der Waals surface area contributed by atoms with Gasteiger partial charge in [-0.2, -0.15) is 0 Å². The van der Waals surface area contributed by atoms with Crippen molar-refractivity contribution in [2.45, 2.75) is 38.4 Å². The summed E-state index contributed by atoms with van der Waals surface area (Å²) in [6, 6.07) is 18.7. The molecule has 1 aliphatic heterocycles. The normalized spacial score (nSPS) is 15.0. The van der Waals surface area contributed by atoms with E-state index < -0.39 is 5.25 Å². The van der Waals surface area contributed by atoms with Crippen LogP contribution in [0.15, 0.2) is 60.7 Å². The molecule has 188 valence electrons. The summed E-state index contributed by atoms with van der Waals surface area (Å²) in [7, 11) is 0. The zero-order valence-electron chi connectivity index (χ0n) is 20.2. The van der Waals surface area contributed by atoms with E-state index in [0.717, 1.165) is 58.5 Å². The molecule has 3 aromatic carbocycles. The van der Waals surface area contributed by atoms with Crippen LogP contribution in [0.5, 0.6) is 23.0 Å². The van der Waals surface area contributed by atoms with Gasteiger partial charge in [0.15, 0.2) is 0 Å². The fourth-order valence-corrected chi connectivity index (χ4v) is 4.90. The number of thioether (sulfide) groups is 1. The van der Waals surface area contributed by atoms with Gasteiger partial charge in [0, 0.05) is 11.4 Å². The number of amides is 2. The summed E-state index contributed by atoms with van der Waals surface area (Å²) in [5, 5.41) is 2.14.